The maximum Gasteiger partial charge on any atom is 0.203 e. The van der Waals surface area contributed by atoms with Gasteiger partial charge in [-0.05, 0) is 13.0 Å². The Kier molecular flexibility index (Phi) is 3.60. The number of anilines is 1. The molecule has 0 bridgehead atoms. The van der Waals surface area contributed by atoms with E-state index in [0.717, 1.165) is 23.9 Å². The van der Waals surface area contributed by atoms with Crippen molar-refractivity contribution in [3.63, 3.8) is 0 Å². The summed E-state index contributed by atoms with van der Waals surface area (Å²) in [5, 5.41) is 3.47. The molecule has 0 saturated heterocycles. The van der Waals surface area contributed by atoms with E-state index in [0.29, 0.717) is 13.2 Å². The third kappa shape index (κ3) is 2.49. The maximum atomic E-state index is 5.69. The highest BCUT2D eigenvalue weighted by Gasteiger charge is 2.24. The summed E-state index contributed by atoms with van der Waals surface area (Å²) in [6.07, 6.45) is 2.03. The first kappa shape index (κ1) is 13.0. The van der Waals surface area contributed by atoms with Gasteiger partial charge in [0.05, 0.1) is 18.3 Å². The molecule has 1 unspecified atom stereocenters. The molecule has 0 spiro atoms. The average Bonchev–Trinajstić information content (AvgIpc) is 3.01. The van der Waals surface area contributed by atoms with Gasteiger partial charge in [0.2, 0.25) is 5.95 Å². The molecule has 0 amide bonds. The van der Waals surface area contributed by atoms with Crippen molar-refractivity contribution >= 4 is 5.95 Å². The molecular formula is C15H19N3O2. The Labute approximate surface area is 118 Å². The van der Waals surface area contributed by atoms with Crippen LogP contribution in [0.4, 0.5) is 5.95 Å². The average molecular weight is 273 g/mol. The van der Waals surface area contributed by atoms with Gasteiger partial charge in [-0.2, -0.15) is 0 Å². The first-order chi connectivity index (χ1) is 9.78. The normalized spacial score (nSPS) is 16.8. The Balaban J connectivity index is 1.79. The Hall–Kier alpha value is -2.01. The number of hydrogen-bond donors (Lipinski definition) is 1. The summed E-state index contributed by atoms with van der Waals surface area (Å²) in [6.45, 7) is 4.08. The van der Waals surface area contributed by atoms with Gasteiger partial charge in [-0.1, -0.05) is 18.2 Å². The van der Waals surface area contributed by atoms with Crippen molar-refractivity contribution in [2.75, 3.05) is 25.6 Å². The van der Waals surface area contributed by atoms with Gasteiger partial charge >= 0.3 is 0 Å². The molecule has 20 heavy (non-hydrogen) atoms. The summed E-state index contributed by atoms with van der Waals surface area (Å²) in [4.78, 5) is 4.54. The van der Waals surface area contributed by atoms with E-state index in [1.165, 1.54) is 5.56 Å². The summed E-state index contributed by atoms with van der Waals surface area (Å²) < 4.78 is 12.9. The molecule has 5 nitrogen and oxygen atoms in total. The number of fused-ring (bicyclic) bond motifs is 1. The number of nitrogens with one attached hydrogen (secondary N) is 1. The van der Waals surface area contributed by atoms with Crippen LogP contribution in [0.25, 0.3) is 0 Å². The first-order valence-electron chi connectivity index (χ1n) is 6.79. The monoisotopic (exact) mass is 273 g/mol. The standard InChI is InChI=1S/C15H19N3O2/c1-11-9-18(7-8-19-2)15(16-11)17-13-10-20-14-6-4-3-5-12(13)14/h3-6,9,13H,7-8,10H2,1-2H3,(H,16,17). The molecule has 1 aliphatic heterocycles. The Morgan fingerprint density at radius 1 is 1.45 bits per heavy atom. The number of aromatic nitrogens is 2. The van der Waals surface area contributed by atoms with E-state index in [1.807, 2.05) is 31.3 Å². The van der Waals surface area contributed by atoms with E-state index < -0.39 is 0 Å². The molecule has 0 fully saturated rings. The first-order valence-corrected chi connectivity index (χ1v) is 6.79. The SMILES string of the molecule is COCCn1cc(C)nc1NC1COc2ccccc21. The quantitative estimate of drug-likeness (QED) is 0.908. The van der Waals surface area contributed by atoms with E-state index in [-0.39, 0.29) is 6.04 Å². The van der Waals surface area contributed by atoms with Gasteiger partial charge in [-0.25, -0.2) is 4.98 Å². The Morgan fingerprint density at radius 3 is 3.15 bits per heavy atom. The number of imidazole rings is 1. The summed E-state index contributed by atoms with van der Waals surface area (Å²) in [5.41, 5.74) is 2.18. The highest BCUT2D eigenvalue weighted by atomic mass is 16.5. The van der Waals surface area contributed by atoms with E-state index in [9.17, 15) is 0 Å². The van der Waals surface area contributed by atoms with Crippen molar-refractivity contribution in [1.29, 1.82) is 0 Å². The van der Waals surface area contributed by atoms with E-state index in [4.69, 9.17) is 9.47 Å². The molecule has 1 aromatic heterocycles. The van der Waals surface area contributed by atoms with Crippen LogP contribution >= 0.6 is 0 Å². The topological polar surface area (TPSA) is 48.3 Å². The molecule has 1 atom stereocenters. The lowest BCUT2D eigenvalue weighted by atomic mass is 10.1. The third-order valence-corrected chi connectivity index (χ3v) is 3.44. The summed E-state index contributed by atoms with van der Waals surface area (Å²) in [5.74, 6) is 1.82. The number of aryl methyl sites for hydroxylation is 1. The summed E-state index contributed by atoms with van der Waals surface area (Å²) in [6, 6.07) is 8.26. The maximum absolute atomic E-state index is 5.69. The van der Waals surface area contributed by atoms with E-state index in [1.54, 1.807) is 7.11 Å². The van der Waals surface area contributed by atoms with Crippen LogP contribution in [0.5, 0.6) is 5.75 Å². The zero-order chi connectivity index (χ0) is 13.9. The van der Waals surface area contributed by atoms with Crippen LogP contribution in [0.2, 0.25) is 0 Å². The van der Waals surface area contributed by atoms with Crippen LogP contribution in [0.3, 0.4) is 0 Å². The molecule has 0 radical (unpaired) electrons. The van der Waals surface area contributed by atoms with Gasteiger partial charge in [0.25, 0.3) is 0 Å². The lowest BCUT2D eigenvalue weighted by Gasteiger charge is -2.14. The van der Waals surface area contributed by atoms with Gasteiger partial charge < -0.3 is 19.4 Å². The minimum Gasteiger partial charge on any atom is -0.491 e. The number of methoxy groups -OCH3 is 1. The largest absolute Gasteiger partial charge is 0.491 e. The summed E-state index contributed by atoms with van der Waals surface area (Å²) in [7, 11) is 1.71. The molecule has 106 valence electrons. The van der Waals surface area contributed by atoms with Crippen LogP contribution < -0.4 is 10.1 Å². The van der Waals surface area contributed by atoms with Gasteiger partial charge in [0, 0.05) is 25.4 Å². The molecule has 2 aromatic rings. The van der Waals surface area contributed by atoms with E-state index >= 15 is 0 Å². The number of rotatable bonds is 5. The second kappa shape index (κ2) is 5.54. The van der Waals surface area contributed by atoms with Crippen LogP contribution in [-0.4, -0.2) is 29.9 Å². The van der Waals surface area contributed by atoms with Crippen LogP contribution in [0, 0.1) is 6.92 Å². The van der Waals surface area contributed by atoms with Crippen molar-refractivity contribution in [3.05, 3.63) is 41.7 Å². The van der Waals surface area contributed by atoms with E-state index in [2.05, 4.69) is 20.9 Å². The number of hydrogen-bond acceptors (Lipinski definition) is 4. The molecule has 3 rings (SSSR count). The molecule has 5 heteroatoms. The van der Waals surface area contributed by atoms with Crippen molar-refractivity contribution < 1.29 is 9.47 Å². The highest BCUT2D eigenvalue weighted by molar-refractivity contribution is 5.44. The minimum absolute atomic E-state index is 0.147. The van der Waals surface area contributed by atoms with Crippen LogP contribution in [-0.2, 0) is 11.3 Å². The fourth-order valence-electron chi connectivity index (χ4n) is 2.46. The molecule has 1 aromatic carbocycles. The second-order valence-corrected chi connectivity index (χ2v) is 4.94. The zero-order valence-corrected chi connectivity index (χ0v) is 11.8. The molecule has 2 heterocycles. The minimum atomic E-state index is 0.147. The molecule has 0 saturated carbocycles. The summed E-state index contributed by atoms with van der Waals surface area (Å²) >= 11 is 0. The van der Waals surface area contributed by atoms with Crippen LogP contribution in [0.1, 0.15) is 17.3 Å². The van der Waals surface area contributed by atoms with Crippen molar-refractivity contribution in [1.82, 2.24) is 9.55 Å². The molecular weight excluding hydrogens is 254 g/mol. The number of ether oxygens (including phenoxy) is 2. The van der Waals surface area contributed by atoms with Crippen molar-refractivity contribution in [3.8, 4) is 5.75 Å². The fourth-order valence-corrected chi connectivity index (χ4v) is 2.46. The zero-order valence-electron chi connectivity index (χ0n) is 11.8. The smallest absolute Gasteiger partial charge is 0.203 e. The lowest BCUT2D eigenvalue weighted by Crippen LogP contribution is -2.16. The van der Waals surface area contributed by atoms with Gasteiger partial charge in [-0.15, -0.1) is 0 Å². The van der Waals surface area contributed by atoms with Crippen molar-refractivity contribution in [2.45, 2.75) is 19.5 Å². The second-order valence-electron chi connectivity index (χ2n) is 4.94. The molecule has 1 aliphatic rings. The van der Waals surface area contributed by atoms with Gasteiger partial charge in [0.1, 0.15) is 12.4 Å². The number of benzene rings is 1. The Bertz CT molecular complexity index is 595. The highest BCUT2D eigenvalue weighted by Crippen LogP contribution is 2.33. The fraction of sp³-hybridized carbons (Fsp3) is 0.400. The van der Waals surface area contributed by atoms with Crippen LogP contribution in [0.15, 0.2) is 30.5 Å². The number of nitrogens with zero attached hydrogens (tertiary/aromatic N) is 2. The predicted molar refractivity (Wildman–Crippen MR) is 77.1 cm³/mol. The third-order valence-electron chi connectivity index (χ3n) is 3.44. The van der Waals surface area contributed by atoms with Gasteiger partial charge in [-0.3, -0.25) is 0 Å². The number of para-hydroxylation sites is 1. The Morgan fingerprint density at radius 2 is 2.30 bits per heavy atom. The van der Waals surface area contributed by atoms with Crippen molar-refractivity contribution in [2.24, 2.45) is 0 Å². The molecule has 1 N–H and O–H groups in total. The predicted octanol–water partition coefficient (Wildman–Crippen LogP) is 2.38. The van der Waals surface area contributed by atoms with Gasteiger partial charge in [0.15, 0.2) is 0 Å². The lowest BCUT2D eigenvalue weighted by molar-refractivity contribution is 0.187. The molecule has 0 aliphatic carbocycles.